The van der Waals surface area contributed by atoms with Crippen LogP contribution >= 0.6 is 22.7 Å². The average Bonchev–Trinajstić information content (AvgIpc) is 3.20. The second kappa shape index (κ2) is 7.28. The van der Waals surface area contributed by atoms with Crippen LogP contribution in [-0.4, -0.2) is 22.8 Å². The van der Waals surface area contributed by atoms with Crippen molar-refractivity contribution in [2.24, 2.45) is 5.92 Å². The smallest absolute Gasteiger partial charge is 0.262 e. The van der Waals surface area contributed by atoms with Gasteiger partial charge in [-0.1, -0.05) is 31.3 Å². The highest BCUT2D eigenvalue weighted by atomic mass is 32.1. The van der Waals surface area contributed by atoms with E-state index in [-0.39, 0.29) is 23.5 Å². The maximum atomic E-state index is 13.3. The van der Waals surface area contributed by atoms with Crippen molar-refractivity contribution in [1.82, 2.24) is 10.3 Å². The van der Waals surface area contributed by atoms with Crippen LogP contribution in [-0.2, 0) is 4.79 Å². The number of thiazole rings is 1. The Kier molecular flexibility index (Phi) is 5.10. The van der Waals surface area contributed by atoms with Gasteiger partial charge in [0.2, 0.25) is 5.91 Å². The fourth-order valence-electron chi connectivity index (χ4n) is 2.29. The molecule has 0 fully saturated rings. The molecular weight excluding hydrogens is 361 g/mol. The minimum atomic E-state index is -0.696. The van der Waals surface area contributed by atoms with E-state index >= 15 is 0 Å². The van der Waals surface area contributed by atoms with Crippen molar-refractivity contribution in [3.05, 3.63) is 46.4 Å². The summed E-state index contributed by atoms with van der Waals surface area (Å²) in [6.45, 7) is 3.71. The number of nitrogens with zero attached hydrogens (tertiary/aromatic N) is 1. The highest BCUT2D eigenvalue weighted by Crippen LogP contribution is 2.26. The van der Waals surface area contributed by atoms with Gasteiger partial charge in [-0.2, -0.15) is 0 Å². The van der Waals surface area contributed by atoms with Gasteiger partial charge in [-0.05, 0) is 35.6 Å². The summed E-state index contributed by atoms with van der Waals surface area (Å²) in [6, 6.07) is 7.06. The number of fused-ring (bicyclic) bond motifs is 1. The highest BCUT2D eigenvalue weighted by molar-refractivity contribution is 7.22. The van der Waals surface area contributed by atoms with Gasteiger partial charge in [0.25, 0.3) is 5.91 Å². The van der Waals surface area contributed by atoms with Crippen LogP contribution in [0.15, 0.2) is 35.7 Å². The first-order chi connectivity index (χ1) is 11.9. The molecule has 0 aliphatic carbocycles. The Morgan fingerprint density at radius 2 is 2.04 bits per heavy atom. The molecule has 0 saturated carbocycles. The van der Waals surface area contributed by atoms with Crippen LogP contribution in [0.4, 0.5) is 9.52 Å². The van der Waals surface area contributed by atoms with Crippen LogP contribution in [0, 0.1) is 11.7 Å². The Morgan fingerprint density at radius 3 is 2.72 bits per heavy atom. The Hall–Kier alpha value is -2.32. The molecule has 1 atom stereocenters. The molecule has 2 aromatic heterocycles. The third-order valence-corrected chi connectivity index (χ3v) is 5.36. The third kappa shape index (κ3) is 4.02. The first-order valence-electron chi connectivity index (χ1n) is 7.65. The molecule has 0 radical (unpaired) electrons. The molecule has 0 unspecified atom stereocenters. The Morgan fingerprint density at radius 1 is 1.24 bits per heavy atom. The van der Waals surface area contributed by atoms with E-state index in [9.17, 15) is 14.0 Å². The molecule has 1 aromatic carbocycles. The maximum Gasteiger partial charge on any atom is 0.262 e. The number of thiophene rings is 1. The minimum Gasteiger partial charge on any atom is -0.339 e. The molecule has 2 amide bonds. The van der Waals surface area contributed by atoms with Crippen LogP contribution in [0.25, 0.3) is 10.2 Å². The molecule has 25 heavy (non-hydrogen) atoms. The van der Waals surface area contributed by atoms with Gasteiger partial charge in [0, 0.05) is 0 Å². The standard InChI is InChI=1S/C17H16FN3O2S2/c1-9(2)14(20-15(22)12-4-3-7-24-12)16(23)21-17-19-11-6-5-10(18)8-13(11)25-17/h3-9,14H,1-2H3,(H,20,22)(H,19,21,23)/t14-/m1/s1. The van der Waals surface area contributed by atoms with Gasteiger partial charge in [0.05, 0.1) is 15.1 Å². The van der Waals surface area contributed by atoms with Crippen LogP contribution in [0.5, 0.6) is 0 Å². The predicted molar refractivity (Wildman–Crippen MR) is 98.6 cm³/mol. The topological polar surface area (TPSA) is 71.1 Å². The number of amides is 2. The number of anilines is 1. The van der Waals surface area contributed by atoms with Crippen LogP contribution in [0.3, 0.4) is 0 Å². The van der Waals surface area contributed by atoms with Crippen molar-refractivity contribution in [3.63, 3.8) is 0 Å². The van der Waals surface area contributed by atoms with Gasteiger partial charge in [-0.3, -0.25) is 9.59 Å². The second-order valence-electron chi connectivity index (χ2n) is 5.79. The number of hydrogen-bond donors (Lipinski definition) is 2. The van der Waals surface area contributed by atoms with Gasteiger partial charge in [-0.15, -0.1) is 11.3 Å². The highest BCUT2D eigenvalue weighted by Gasteiger charge is 2.26. The van der Waals surface area contributed by atoms with E-state index in [1.807, 2.05) is 13.8 Å². The Balaban J connectivity index is 1.74. The van der Waals surface area contributed by atoms with E-state index < -0.39 is 6.04 Å². The molecular formula is C17H16FN3O2S2. The SMILES string of the molecule is CC(C)[C@@H](NC(=O)c1cccs1)C(=O)Nc1nc2ccc(F)cc2s1. The summed E-state index contributed by atoms with van der Waals surface area (Å²) < 4.78 is 13.9. The fraction of sp³-hybridized carbons (Fsp3) is 0.235. The van der Waals surface area contributed by atoms with Crippen molar-refractivity contribution in [2.75, 3.05) is 5.32 Å². The number of aromatic nitrogens is 1. The van der Waals surface area contributed by atoms with Crippen molar-refractivity contribution < 1.29 is 14.0 Å². The summed E-state index contributed by atoms with van der Waals surface area (Å²) in [6.07, 6.45) is 0. The van der Waals surface area contributed by atoms with Crippen molar-refractivity contribution in [1.29, 1.82) is 0 Å². The normalized spacial score (nSPS) is 12.3. The fourth-order valence-corrected chi connectivity index (χ4v) is 3.81. The Labute approximate surface area is 151 Å². The number of halogens is 1. The molecule has 8 heteroatoms. The molecule has 0 bridgehead atoms. The van der Waals surface area contributed by atoms with Crippen LogP contribution in [0.2, 0.25) is 0 Å². The number of benzene rings is 1. The molecule has 2 N–H and O–H groups in total. The zero-order valence-corrected chi connectivity index (χ0v) is 15.2. The quantitative estimate of drug-likeness (QED) is 0.709. The van der Waals surface area contributed by atoms with E-state index in [2.05, 4.69) is 15.6 Å². The van der Waals surface area contributed by atoms with Gasteiger partial charge in [0.15, 0.2) is 5.13 Å². The van der Waals surface area contributed by atoms with Crippen molar-refractivity contribution in [3.8, 4) is 0 Å². The molecule has 3 rings (SSSR count). The summed E-state index contributed by atoms with van der Waals surface area (Å²) >= 11 is 2.51. The van der Waals surface area contributed by atoms with Gasteiger partial charge < -0.3 is 10.6 Å². The lowest BCUT2D eigenvalue weighted by Crippen LogP contribution is -2.46. The van der Waals surface area contributed by atoms with Crippen molar-refractivity contribution in [2.45, 2.75) is 19.9 Å². The largest absolute Gasteiger partial charge is 0.339 e. The lowest BCUT2D eigenvalue weighted by Gasteiger charge is -2.20. The van der Waals surface area contributed by atoms with E-state index in [4.69, 9.17) is 0 Å². The van der Waals surface area contributed by atoms with Crippen LogP contribution in [0.1, 0.15) is 23.5 Å². The lowest BCUT2D eigenvalue weighted by atomic mass is 10.0. The number of carbonyl (C=O) groups is 2. The van der Waals surface area contributed by atoms with E-state index in [0.29, 0.717) is 20.2 Å². The summed E-state index contributed by atoms with van der Waals surface area (Å²) in [7, 11) is 0. The molecule has 0 aliphatic heterocycles. The predicted octanol–water partition coefficient (Wildman–Crippen LogP) is 3.89. The summed E-state index contributed by atoms with van der Waals surface area (Å²) in [5, 5.41) is 7.66. The minimum absolute atomic E-state index is 0.101. The first kappa shape index (κ1) is 17.5. The first-order valence-corrected chi connectivity index (χ1v) is 9.35. The lowest BCUT2D eigenvalue weighted by molar-refractivity contribution is -0.118. The molecule has 5 nitrogen and oxygen atoms in total. The van der Waals surface area contributed by atoms with Crippen LogP contribution < -0.4 is 10.6 Å². The number of nitrogens with one attached hydrogen (secondary N) is 2. The molecule has 0 spiro atoms. The number of rotatable bonds is 5. The average molecular weight is 377 g/mol. The second-order valence-corrected chi connectivity index (χ2v) is 7.77. The molecule has 2 heterocycles. The van der Waals surface area contributed by atoms with Gasteiger partial charge in [-0.25, -0.2) is 9.37 Å². The van der Waals surface area contributed by atoms with E-state index in [0.717, 1.165) is 0 Å². The van der Waals surface area contributed by atoms with Crippen molar-refractivity contribution >= 4 is 49.8 Å². The number of carbonyl (C=O) groups excluding carboxylic acids is 2. The maximum absolute atomic E-state index is 13.3. The van der Waals surface area contributed by atoms with Gasteiger partial charge >= 0.3 is 0 Å². The summed E-state index contributed by atoms with van der Waals surface area (Å²) in [5.41, 5.74) is 0.616. The zero-order valence-electron chi connectivity index (χ0n) is 13.6. The molecule has 0 aliphatic rings. The monoisotopic (exact) mass is 377 g/mol. The molecule has 130 valence electrons. The third-order valence-electron chi connectivity index (χ3n) is 3.56. The van der Waals surface area contributed by atoms with E-state index in [1.54, 1.807) is 23.6 Å². The number of hydrogen-bond acceptors (Lipinski definition) is 5. The zero-order chi connectivity index (χ0) is 18.0. The molecule has 3 aromatic rings. The molecule has 0 saturated heterocycles. The van der Waals surface area contributed by atoms with E-state index in [1.165, 1.54) is 34.8 Å². The van der Waals surface area contributed by atoms with Gasteiger partial charge in [0.1, 0.15) is 11.9 Å². The summed E-state index contributed by atoms with van der Waals surface area (Å²) in [5.74, 6) is -1.08. The Bertz CT molecular complexity index is 906. The summed E-state index contributed by atoms with van der Waals surface area (Å²) in [4.78, 5) is 29.6.